The van der Waals surface area contributed by atoms with Gasteiger partial charge in [-0.2, -0.15) is 0 Å². The van der Waals surface area contributed by atoms with E-state index < -0.39 is 0 Å². The summed E-state index contributed by atoms with van der Waals surface area (Å²) in [5, 5.41) is 2.66. The van der Waals surface area contributed by atoms with Crippen LogP contribution in [0.25, 0.3) is 21.8 Å². The molecule has 0 saturated heterocycles. The fraction of sp³-hybridized carbons (Fsp3) is 0.0526. The van der Waals surface area contributed by atoms with Crippen molar-refractivity contribution in [1.82, 2.24) is 4.57 Å². The first kappa shape index (κ1) is 12.9. The second kappa shape index (κ2) is 5.19. The van der Waals surface area contributed by atoms with Crippen LogP contribution in [-0.2, 0) is 6.54 Å². The van der Waals surface area contributed by atoms with Gasteiger partial charge in [0.05, 0.1) is 0 Å². The van der Waals surface area contributed by atoms with Crippen molar-refractivity contribution in [2.24, 2.45) is 0 Å². The molecular formula is C19H14IN. The summed E-state index contributed by atoms with van der Waals surface area (Å²) >= 11 is 2.37. The first-order chi connectivity index (χ1) is 10.3. The lowest BCUT2D eigenvalue weighted by molar-refractivity contribution is 0.868. The molecule has 0 N–H and O–H groups in total. The molecule has 3 aromatic carbocycles. The minimum atomic E-state index is 0.908. The van der Waals surface area contributed by atoms with Crippen molar-refractivity contribution < 1.29 is 0 Å². The Morgan fingerprint density at radius 2 is 1.33 bits per heavy atom. The highest BCUT2D eigenvalue weighted by molar-refractivity contribution is 14.1. The van der Waals surface area contributed by atoms with Crippen LogP contribution in [0.2, 0.25) is 0 Å². The number of para-hydroxylation sites is 2. The van der Waals surface area contributed by atoms with Crippen LogP contribution in [0, 0.1) is 3.57 Å². The molecule has 0 atom stereocenters. The molecule has 1 nitrogen and oxygen atoms in total. The average molecular weight is 383 g/mol. The van der Waals surface area contributed by atoms with Gasteiger partial charge >= 0.3 is 0 Å². The van der Waals surface area contributed by atoms with Gasteiger partial charge in [0.1, 0.15) is 0 Å². The number of halogens is 1. The van der Waals surface area contributed by atoms with Crippen LogP contribution >= 0.6 is 22.6 Å². The topological polar surface area (TPSA) is 4.93 Å². The normalized spacial score (nSPS) is 11.3. The maximum atomic E-state index is 2.41. The van der Waals surface area contributed by atoms with E-state index in [-0.39, 0.29) is 0 Å². The molecule has 0 bridgehead atoms. The highest BCUT2D eigenvalue weighted by Gasteiger charge is 2.09. The van der Waals surface area contributed by atoms with Crippen LogP contribution in [0.15, 0.2) is 72.8 Å². The number of aromatic nitrogens is 1. The number of hydrogen-bond donors (Lipinski definition) is 0. The molecule has 2 heteroatoms. The second-order valence-electron chi connectivity index (χ2n) is 5.25. The molecule has 0 amide bonds. The van der Waals surface area contributed by atoms with Gasteiger partial charge in [0.2, 0.25) is 0 Å². The Morgan fingerprint density at radius 1 is 0.714 bits per heavy atom. The highest BCUT2D eigenvalue weighted by atomic mass is 127. The van der Waals surface area contributed by atoms with Gasteiger partial charge in [-0.3, -0.25) is 0 Å². The zero-order chi connectivity index (χ0) is 14.2. The van der Waals surface area contributed by atoms with Crippen molar-refractivity contribution in [2.45, 2.75) is 6.54 Å². The Balaban J connectivity index is 1.97. The summed E-state index contributed by atoms with van der Waals surface area (Å²) in [5.74, 6) is 0. The predicted octanol–water partition coefficient (Wildman–Crippen LogP) is 5.45. The molecule has 0 aliphatic rings. The van der Waals surface area contributed by atoms with Gasteiger partial charge in [-0.1, -0.05) is 48.5 Å². The zero-order valence-corrected chi connectivity index (χ0v) is 13.6. The summed E-state index contributed by atoms with van der Waals surface area (Å²) in [5.41, 5.74) is 3.95. The van der Waals surface area contributed by atoms with Gasteiger partial charge in [0.15, 0.2) is 0 Å². The number of nitrogens with zero attached hydrogens (tertiary/aromatic N) is 1. The quantitative estimate of drug-likeness (QED) is 0.406. The standard InChI is InChI=1S/C19H14IN/c20-15-7-5-6-14(12-15)13-21-18-10-3-1-8-16(18)17-9-2-4-11-19(17)21/h1-12H,13H2. The summed E-state index contributed by atoms with van der Waals surface area (Å²) in [6.45, 7) is 0.908. The lowest BCUT2D eigenvalue weighted by atomic mass is 10.2. The van der Waals surface area contributed by atoms with Gasteiger partial charge in [0, 0.05) is 31.9 Å². The molecule has 0 saturated carbocycles. The molecule has 4 rings (SSSR count). The Morgan fingerprint density at radius 3 is 1.95 bits per heavy atom. The van der Waals surface area contributed by atoms with Crippen molar-refractivity contribution in [2.75, 3.05) is 0 Å². The van der Waals surface area contributed by atoms with E-state index in [1.807, 2.05) is 0 Å². The average Bonchev–Trinajstić information content (AvgIpc) is 2.83. The minimum Gasteiger partial charge on any atom is -0.336 e. The van der Waals surface area contributed by atoms with Crippen LogP contribution in [0.5, 0.6) is 0 Å². The first-order valence-electron chi connectivity index (χ1n) is 7.03. The van der Waals surface area contributed by atoms with Crippen molar-refractivity contribution in [3.8, 4) is 0 Å². The van der Waals surface area contributed by atoms with Gasteiger partial charge in [-0.05, 0) is 52.4 Å². The third-order valence-electron chi connectivity index (χ3n) is 3.91. The van der Waals surface area contributed by atoms with E-state index in [1.165, 1.54) is 30.9 Å². The van der Waals surface area contributed by atoms with E-state index in [4.69, 9.17) is 0 Å². The fourth-order valence-electron chi connectivity index (χ4n) is 2.99. The smallest absolute Gasteiger partial charge is 0.0494 e. The van der Waals surface area contributed by atoms with Crippen molar-refractivity contribution >= 4 is 44.4 Å². The summed E-state index contributed by atoms with van der Waals surface area (Å²) < 4.78 is 3.70. The molecule has 0 fully saturated rings. The van der Waals surface area contributed by atoms with Crippen LogP contribution in [0.3, 0.4) is 0 Å². The molecular weight excluding hydrogens is 369 g/mol. The predicted molar refractivity (Wildman–Crippen MR) is 97.7 cm³/mol. The number of benzene rings is 3. The third kappa shape index (κ3) is 2.23. The molecule has 21 heavy (non-hydrogen) atoms. The fourth-order valence-corrected chi connectivity index (χ4v) is 3.60. The summed E-state index contributed by atoms with van der Waals surface area (Å²) in [4.78, 5) is 0. The summed E-state index contributed by atoms with van der Waals surface area (Å²) in [6.07, 6.45) is 0. The maximum Gasteiger partial charge on any atom is 0.0494 e. The molecule has 1 heterocycles. The Hall–Kier alpha value is -1.81. The lowest BCUT2D eigenvalue weighted by Crippen LogP contribution is -1.99. The van der Waals surface area contributed by atoms with E-state index >= 15 is 0 Å². The lowest BCUT2D eigenvalue weighted by Gasteiger charge is -2.08. The molecule has 0 aliphatic heterocycles. The largest absolute Gasteiger partial charge is 0.336 e. The van der Waals surface area contributed by atoms with Crippen LogP contribution in [-0.4, -0.2) is 4.57 Å². The van der Waals surface area contributed by atoms with E-state index in [9.17, 15) is 0 Å². The number of rotatable bonds is 2. The van der Waals surface area contributed by atoms with Gasteiger partial charge in [-0.25, -0.2) is 0 Å². The molecule has 0 spiro atoms. The van der Waals surface area contributed by atoms with E-state index in [0.717, 1.165) is 6.54 Å². The van der Waals surface area contributed by atoms with Crippen molar-refractivity contribution in [1.29, 1.82) is 0 Å². The maximum absolute atomic E-state index is 2.41. The van der Waals surface area contributed by atoms with Crippen LogP contribution < -0.4 is 0 Å². The molecule has 102 valence electrons. The van der Waals surface area contributed by atoms with E-state index in [1.54, 1.807) is 0 Å². The SMILES string of the molecule is Ic1cccc(Cn2c3ccccc3c3ccccc32)c1. The second-order valence-corrected chi connectivity index (χ2v) is 6.50. The van der Waals surface area contributed by atoms with Crippen molar-refractivity contribution in [3.63, 3.8) is 0 Å². The van der Waals surface area contributed by atoms with Gasteiger partial charge < -0.3 is 4.57 Å². The Kier molecular flexibility index (Phi) is 3.19. The summed E-state index contributed by atoms with van der Waals surface area (Å²) in [6, 6.07) is 26.0. The highest BCUT2D eigenvalue weighted by Crippen LogP contribution is 2.29. The molecule has 1 aromatic heterocycles. The van der Waals surface area contributed by atoms with Crippen molar-refractivity contribution in [3.05, 3.63) is 81.9 Å². The third-order valence-corrected chi connectivity index (χ3v) is 4.58. The molecule has 0 aliphatic carbocycles. The Labute approximate surface area is 137 Å². The van der Waals surface area contributed by atoms with Crippen LogP contribution in [0.4, 0.5) is 0 Å². The number of hydrogen-bond acceptors (Lipinski definition) is 0. The monoisotopic (exact) mass is 383 g/mol. The summed E-state index contributed by atoms with van der Waals surface area (Å²) in [7, 11) is 0. The van der Waals surface area contributed by atoms with E-state index in [0.29, 0.717) is 0 Å². The number of fused-ring (bicyclic) bond motifs is 3. The minimum absolute atomic E-state index is 0.908. The van der Waals surface area contributed by atoms with E-state index in [2.05, 4.69) is 100.0 Å². The molecule has 0 radical (unpaired) electrons. The van der Waals surface area contributed by atoms with Gasteiger partial charge in [0.25, 0.3) is 0 Å². The molecule has 4 aromatic rings. The molecule has 0 unspecified atom stereocenters. The van der Waals surface area contributed by atoms with Gasteiger partial charge in [-0.15, -0.1) is 0 Å². The first-order valence-corrected chi connectivity index (χ1v) is 8.11. The Bertz CT molecular complexity index is 883. The zero-order valence-electron chi connectivity index (χ0n) is 11.5. The van der Waals surface area contributed by atoms with Crippen LogP contribution in [0.1, 0.15) is 5.56 Å².